The summed E-state index contributed by atoms with van der Waals surface area (Å²) >= 11 is 12.3. The number of hydrogen-bond donors (Lipinski definition) is 1. The topological polar surface area (TPSA) is 86.8 Å². The van der Waals surface area contributed by atoms with Crippen LogP contribution in [0.15, 0.2) is 42.5 Å². The zero-order chi connectivity index (χ0) is 29.5. The van der Waals surface area contributed by atoms with Gasteiger partial charge in [0.2, 0.25) is 21.8 Å². The number of benzene rings is 2. The summed E-state index contributed by atoms with van der Waals surface area (Å²) in [5, 5.41) is 3.50. The third kappa shape index (κ3) is 9.88. The van der Waals surface area contributed by atoms with Gasteiger partial charge in [0.1, 0.15) is 6.04 Å². The fourth-order valence-corrected chi connectivity index (χ4v) is 5.14. The average molecular weight is 611 g/mol. The number of rotatable bonds is 12. The fourth-order valence-electron chi connectivity index (χ4n) is 3.71. The van der Waals surface area contributed by atoms with E-state index in [4.69, 9.17) is 23.2 Å². The smallest absolute Gasteiger partial charge is 0.354 e. The third-order valence-corrected chi connectivity index (χ3v) is 7.60. The van der Waals surface area contributed by atoms with E-state index in [0.29, 0.717) is 22.2 Å². The first-order chi connectivity index (χ1) is 18.0. The number of carbonyl (C=O) groups excluding carboxylic acids is 2. The molecule has 0 aliphatic carbocycles. The summed E-state index contributed by atoms with van der Waals surface area (Å²) in [7, 11) is -3.95. The summed E-state index contributed by atoms with van der Waals surface area (Å²) in [6.07, 6.45) is -3.94. The van der Waals surface area contributed by atoms with Gasteiger partial charge in [-0.15, -0.1) is 0 Å². The Hall–Kier alpha value is -2.50. The van der Waals surface area contributed by atoms with Gasteiger partial charge >= 0.3 is 6.18 Å². The molecule has 1 atom stereocenters. The molecule has 0 aromatic heterocycles. The highest BCUT2D eigenvalue weighted by Gasteiger charge is 2.32. The molecule has 0 fully saturated rings. The number of amides is 2. The van der Waals surface area contributed by atoms with E-state index < -0.39 is 33.7 Å². The Morgan fingerprint density at radius 2 is 1.72 bits per heavy atom. The summed E-state index contributed by atoms with van der Waals surface area (Å²) in [4.78, 5) is 27.5. The van der Waals surface area contributed by atoms with Crippen molar-refractivity contribution in [2.24, 2.45) is 5.92 Å². The highest BCUT2D eigenvalue weighted by atomic mass is 35.5. The molecule has 7 nitrogen and oxygen atoms in total. The maximum atomic E-state index is 13.3. The molecule has 2 aromatic carbocycles. The van der Waals surface area contributed by atoms with Crippen LogP contribution in [0.1, 0.15) is 44.7 Å². The standard InChI is InChI=1S/C26H32Cl2F3N3O4S/c1-17(2)15-32-25(36)18(3)33(16-19-10-11-21(27)14-23(19)28)24(35)9-6-12-34(39(4,37)38)22-8-5-7-20(13-22)26(29,30)31/h5,7-8,10-11,13-14,17-18H,6,9,12,15-16H2,1-4H3,(H,32,36)/t18-/m0/s1. The normalized spacial score (nSPS) is 12.8. The van der Waals surface area contributed by atoms with Crippen molar-refractivity contribution in [2.45, 2.75) is 52.4 Å². The van der Waals surface area contributed by atoms with Gasteiger partial charge < -0.3 is 10.2 Å². The number of hydrogen-bond acceptors (Lipinski definition) is 4. The Balaban J connectivity index is 2.24. The lowest BCUT2D eigenvalue weighted by Gasteiger charge is -2.30. The number of nitrogens with one attached hydrogen (secondary N) is 1. The number of anilines is 1. The van der Waals surface area contributed by atoms with Crippen molar-refractivity contribution in [3.8, 4) is 0 Å². The van der Waals surface area contributed by atoms with E-state index in [1.54, 1.807) is 19.1 Å². The van der Waals surface area contributed by atoms with Gasteiger partial charge in [-0.25, -0.2) is 8.42 Å². The number of alkyl halides is 3. The van der Waals surface area contributed by atoms with Gasteiger partial charge in [0.25, 0.3) is 0 Å². The van der Waals surface area contributed by atoms with Crippen molar-refractivity contribution >= 4 is 50.7 Å². The summed E-state index contributed by atoms with van der Waals surface area (Å²) in [6.45, 7) is 5.60. The van der Waals surface area contributed by atoms with Crippen LogP contribution in [0.3, 0.4) is 0 Å². The molecule has 13 heteroatoms. The molecule has 0 aliphatic rings. The van der Waals surface area contributed by atoms with Gasteiger partial charge in [-0.1, -0.05) is 49.2 Å². The molecule has 0 saturated heterocycles. The van der Waals surface area contributed by atoms with Crippen LogP contribution in [0.25, 0.3) is 0 Å². The highest BCUT2D eigenvalue weighted by Crippen LogP contribution is 2.32. The molecule has 1 N–H and O–H groups in total. The lowest BCUT2D eigenvalue weighted by atomic mass is 10.1. The minimum absolute atomic E-state index is 0.00544. The van der Waals surface area contributed by atoms with Crippen molar-refractivity contribution in [1.29, 1.82) is 0 Å². The Kier molecular flexibility index (Phi) is 11.5. The van der Waals surface area contributed by atoms with E-state index in [2.05, 4.69) is 5.32 Å². The Morgan fingerprint density at radius 3 is 2.28 bits per heavy atom. The quantitative estimate of drug-likeness (QED) is 0.332. The number of carbonyl (C=O) groups is 2. The minimum atomic E-state index is -4.65. The lowest BCUT2D eigenvalue weighted by molar-refractivity contribution is -0.140. The second kappa shape index (κ2) is 13.7. The van der Waals surface area contributed by atoms with Crippen LogP contribution in [-0.2, 0) is 32.3 Å². The zero-order valence-electron chi connectivity index (χ0n) is 22.1. The zero-order valence-corrected chi connectivity index (χ0v) is 24.4. The van der Waals surface area contributed by atoms with Gasteiger partial charge in [-0.2, -0.15) is 13.2 Å². The average Bonchev–Trinajstić information content (AvgIpc) is 2.83. The van der Waals surface area contributed by atoms with Gasteiger partial charge in [-0.3, -0.25) is 13.9 Å². The summed E-state index contributed by atoms with van der Waals surface area (Å²) in [5.74, 6) is -0.636. The lowest BCUT2D eigenvalue weighted by Crippen LogP contribution is -2.48. The molecule has 0 radical (unpaired) electrons. The fraction of sp³-hybridized carbons (Fsp3) is 0.462. The molecule has 39 heavy (non-hydrogen) atoms. The van der Waals surface area contributed by atoms with Gasteiger partial charge in [-0.05, 0) is 55.2 Å². The first-order valence-electron chi connectivity index (χ1n) is 12.2. The molecule has 2 rings (SSSR count). The first kappa shape index (κ1) is 32.7. The van der Waals surface area contributed by atoms with Gasteiger partial charge in [0.05, 0.1) is 17.5 Å². The molecule has 0 spiro atoms. The summed E-state index contributed by atoms with van der Waals surface area (Å²) < 4.78 is 65.2. The van der Waals surface area contributed by atoms with Crippen molar-refractivity contribution in [2.75, 3.05) is 23.7 Å². The molecule has 0 bridgehead atoms. The van der Waals surface area contributed by atoms with Crippen LogP contribution in [0, 0.1) is 5.92 Å². The molecule has 0 saturated carbocycles. The van der Waals surface area contributed by atoms with E-state index in [-0.39, 0.29) is 43.4 Å². The van der Waals surface area contributed by atoms with Crippen LogP contribution < -0.4 is 9.62 Å². The first-order valence-corrected chi connectivity index (χ1v) is 14.8. The maximum Gasteiger partial charge on any atom is 0.416 e. The molecule has 0 heterocycles. The van der Waals surface area contributed by atoms with E-state index in [9.17, 15) is 31.2 Å². The van der Waals surface area contributed by atoms with E-state index in [0.717, 1.165) is 28.8 Å². The molecule has 216 valence electrons. The second-order valence-corrected chi connectivity index (χ2v) is 12.3. The van der Waals surface area contributed by atoms with Crippen molar-refractivity contribution in [3.05, 3.63) is 63.6 Å². The van der Waals surface area contributed by atoms with Crippen molar-refractivity contribution in [1.82, 2.24) is 10.2 Å². The molecule has 2 aromatic rings. The van der Waals surface area contributed by atoms with Crippen molar-refractivity contribution in [3.63, 3.8) is 0 Å². The Labute approximate surface area is 237 Å². The number of halogens is 5. The van der Waals surface area contributed by atoms with Crippen LogP contribution in [-0.4, -0.2) is 50.5 Å². The van der Waals surface area contributed by atoms with E-state index >= 15 is 0 Å². The Morgan fingerprint density at radius 1 is 1.05 bits per heavy atom. The molecule has 0 unspecified atom stereocenters. The maximum absolute atomic E-state index is 13.3. The SMILES string of the molecule is CC(C)CNC(=O)[C@H](C)N(Cc1ccc(Cl)cc1Cl)C(=O)CCCN(c1cccc(C(F)(F)F)c1)S(C)(=O)=O. The van der Waals surface area contributed by atoms with E-state index in [1.807, 2.05) is 13.8 Å². The largest absolute Gasteiger partial charge is 0.416 e. The predicted octanol–water partition coefficient (Wildman–Crippen LogP) is 5.75. The minimum Gasteiger partial charge on any atom is -0.354 e. The molecular weight excluding hydrogens is 578 g/mol. The van der Waals surface area contributed by atoms with Crippen LogP contribution in [0.2, 0.25) is 10.0 Å². The molecular formula is C26H32Cl2F3N3O4S. The summed E-state index contributed by atoms with van der Waals surface area (Å²) in [5.41, 5.74) is -0.595. The molecule has 0 aliphatic heterocycles. The number of sulfonamides is 1. The van der Waals surface area contributed by atoms with Crippen LogP contribution in [0.4, 0.5) is 18.9 Å². The van der Waals surface area contributed by atoms with Crippen LogP contribution in [0.5, 0.6) is 0 Å². The van der Waals surface area contributed by atoms with Crippen LogP contribution >= 0.6 is 23.2 Å². The monoisotopic (exact) mass is 609 g/mol. The highest BCUT2D eigenvalue weighted by molar-refractivity contribution is 7.92. The Bertz CT molecular complexity index is 1270. The van der Waals surface area contributed by atoms with Gasteiger partial charge in [0, 0.05) is 36.1 Å². The third-order valence-electron chi connectivity index (χ3n) is 5.82. The van der Waals surface area contributed by atoms with E-state index in [1.165, 1.54) is 17.0 Å². The second-order valence-electron chi connectivity index (χ2n) is 9.56. The predicted molar refractivity (Wildman–Crippen MR) is 147 cm³/mol. The molecule has 2 amide bonds. The number of nitrogens with zero attached hydrogens (tertiary/aromatic N) is 2. The van der Waals surface area contributed by atoms with Gasteiger partial charge in [0.15, 0.2) is 0 Å². The van der Waals surface area contributed by atoms with Crippen molar-refractivity contribution < 1.29 is 31.2 Å². The summed E-state index contributed by atoms with van der Waals surface area (Å²) in [6, 6.07) is 7.86.